The van der Waals surface area contributed by atoms with Gasteiger partial charge in [0.1, 0.15) is 5.75 Å². The number of anilines is 2. The van der Waals surface area contributed by atoms with Crippen molar-refractivity contribution in [1.29, 1.82) is 5.41 Å². The van der Waals surface area contributed by atoms with Crippen molar-refractivity contribution in [3.05, 3.63) is 53.1 Å². The van der Waals surface area contributed by atoms with Gasteiger partial charge in [-0.15, -0.1) is 0 Å². The van der Waals surface area contributed by atoms with Gasteiger partial charge in [0, 0.05) is 34.3 Å². The van der Waals surface area contributed by atoms with Crippen molar-refractivity contribution in [2.75, 3.05) is 16.8 Å². The van der Waals surface area contributed by atoms with E-state index < -0.39 is 27.9 Å². The maximum Gasteiger partial charge on any atom is 0.387 e. The minimum Gasteiger partial charge on any atom is -0.435 e. The van der Waals surface area contributed by atoms with E-state index in [4.69, 9.17) is 5.41 Å². The number of hydrogen-bond donors (Lipinski definition) is 3. The Morgan fingerprint density at radius 2 is 1.85 bits per heavy atom. The molecule has 178 valence electrons. The lowest BCUT2D eigenvalue weighted by Gasteiger charge is -2.38. The van der Waals surface area contributed by atoms with Crippen molar-refractivity contribution < 1.29 is 26.7 Å². The van der Waals surface area contributed by atoms with E-state index in [1.807, 2.05) is 13.8 Å². The number of carbonyl (C=O) groups excluding carboxylic acids is 1. The molecule has 7 nitrogen and oxygen atoms in total. The van der Waals surface area contributed by atoms with E-state index in [1.54, 1.807) is 38.1 Å². The second kappa shape index (κ2) is 9.09. The van der Waals surface area contributed by atoms with Crippen LogP contribution < -0.4 is 15.4 Å². The Hall–Kier alpha value is -3.01. The molecule has 0 spiro atoms. The van der Waals surface area contributed by atoms with Crippen LogP contribution in [0.25, 0.3) is 0 Å². The highest BCUT2D eigenvalue weighted by molar-refractivity contribution is 7.93. The smallest absolute Gasteiger partial charge is 0.387 e. The highest BCUT2D eigenvalue weighted by Crippen LogP contribution is 2.31. The monoisotopic (exact) mass is 479 g/mol. The Morgan fingerprint density at radius 3 is 2.42 bits per heavy atom. The average molecular weight is 480 g/mol. The number of rotatable bonds is 8. The molecule has 33 heavy (non-hydrogen) atoms. The lowest BCUT2D eigenvalue weighted by molar-refractivity contribution is -0.0498. The van der Waals surface area contributed by atoms with Gasteiger partial charge in [-0.25, -0.2) is 8.42 Å². The number of sulfone groups is 1. The molecule has 0 atom stereocenters. The lowest BCUT2D eigenvalue weighted by Crippen LogP contribution is -2.63. The van der Waals surface area contributed by atoms with Gasteiger partial charge in [-0.3, -0.25) is 4.79 Å². The van der Waals surface area contributed by atoms with Crippen molar-refractivity contribution in [3.8, 4) is 5.75 Å². The molecule has 3 rings (SSSR count). The Balaban J connectivity index is 1.95. The van der Waals surface area contributed by atoms with E-state index in [-0.39, 0.29) is 23.2 Å². The van der Waals surface area contributed by atoms with Crippen LogP contribution in [0.15, 0.2) is 36.4 Å². The maximum absolute atomic E-state index is 13.0. The molecule has 0 unspecified atom stereocenters. The third-order valence-corrected chi connectivity index (χ3v) is 7.54. The molecule has 0 aliphatic carbocycles. The molecule has 1 amide bonds. The van der Waals surface area contributed by atoms with Gasteiger partial charge in [0.2, 0.25) is 0 Å². The molecule has 0 saturated carbocycles. The summed E-state index contributed by atoms with van der Waals surface area (Å²) in [6, 6.07) is 9.32. The number of nitrogens with one attached hydrogen (secondary N) is 3. The van der Waals surface area contributed by atoms with Gasteiger partial charge in [-0.2, -0.15) is 8.78 Å². The van der Waals surface area contributed by atoms with Crippen molar-refractivity contribution in [2.45, 2.75) is 39.8 Å². The first-order valence-corrected chi connectivity index (χ1v) is 12.2. The van der Waals surface area contributed by atoms with Gasteiger partial charge in [-0.05, 0) is 49.6 Å². The second-order valence-corrected chi connectivity index (χ2v) is 10.9. The highest BCUT2D eigenvalue weighted by atomic mass is 32.2. The summed E-state index contributed by atoms with van der Waals surface area (Å²) in [5.74, 6) is -0.800. The summed E-state index contributed by atoms with van der Waals surface area (Å²) in [7, 11) is -3.13. The van der Waals surface area contributed by atoms with E-state index in [1.165, 1.54) is 12.1 Å². The first-order chi connectivity index (χ1) is 15.3. The van der Waals surface area contributed by atoms with E-state index in [0.717, 1.165) is 0 Å². The zero-order valence-corrected chi connectivity index (χ0v) is 19.6. The van der Waals surface area contributed by atoms with Gasteiger partial charge in [-0.1, -0.05) is 19.9 Å². The molecular formula is C23H27F2N3O4S. The molecule has 2 aromatic carbocycles. The molecule has 0 bridgehead atoms. The molecule has 3 N–H and O–H groups in total. The topological polar surface area (TPSA) is 108 Å². The normalized spacial score (nSPS) is 16.2. The van der Waals surface area contributed by atoms with Crippen molar-refractivity contribution in [3.63, 3.8) is 0 Å². The van der Waals surface area contributed by atoms with Crippen LogP contribution in [0.3, 0.4) is 0 Å². The Morgan fingerprint density at radius 1 is 1.18 bits per heavy atom. The van der Waals surface area contributed by atoms with Gasteiger partial charge in [0.05, 0.1) is 17.0 Å². The molecule has 2 aromatic rings. The number of hydrogen-bond acceptors (Lipinski definition) is 6. The quantitative estimate of drug-likeness (QED) is 0.490. The molecule has 1 saturated heterocycles. The third kappa shape index (κ3) is 5.68. The summed E-state index contributed by atoms with van der Waals surface area (Å²) in [4.78, 5) is 13.0. The summed E-state index contributed by atoms with van der Waals surface area (Å²) in [6.45, 7) is 4.17. The first kappa shape index (κ1) is 24.6. The predicted molar refractivity (Wildman–Crippen MR) is 124 cm³/mol. The largest absolute Gasteiger partial charge is 0.435 e. The minimum absolute atomic E-state index is 0.00750. The number of amides is 1. The molecule has 10 heteroatoms. The van der Waals surface area contributed by atoms with E-state index >= 15 is 0 Å². The number of alkyl halides is 2. The molecule has 1 aliphatic heterocycles. The fourth-order valence-corrected chi connectivity index (χ4v) is 5.95. The molecular weight excluding hydrogens is 452 g/mol. The van der Waals surface area contributed by atoms with Crippen LogP contribution in [0, 0.1) is 18.3 Å². The summed E-state index contributed by atoms with van der Waals surface area (Å²) in [6.07, 6.45) is 0. The summed E-state index contributed by atoms with van der Waals surface area (Å²) in [5.41, 5.74) is 1.90. The van der Waals surface area contributed by atoms with Gasteiger partial charge < -0.3 is 20.8 Å². The van der Waals surface area contributed by atoms with Crippen LogP contribution in [0.2, 0.25) is 0 Å². The fourth-order valence-electron chi connectivity index (χ4n) is 3.95. The Labute approximate surface area is 192 Å². The molecule has 1 heterocycles. The Kier molecular flexibility index (Phi) is 6.78. The first-order valence-electron chi connectivity index (χ1n) is 10.4. The minimum atomic E-state index is -3.13. The van der Waals surface area contributed by atoms with Gasteiger partial charge in [0.15, 0.2) is 9.84 Å². The molecule has 0 radical (unpaired) electrons. The van der Waals surface area contributed by atoms with E-state index in [0.29, 0.717) is 33.8 Å². The Bertz CT molecular complexity index is 1180. The van der Waals surface area contributed by atoms with Crippen LogP contribution in [-0.2, 0) is 9.84 Å². The summed E-state index contributed by atoms with van der Waals surface area (Å²) >= 11 is 0. The van der Waals surface area contributed by atoms with Gasteiger partial charge in [0.25, 0.3) is 5.91 Å². The van der Waals surface area contributed by atoms with Crippen LogP contribution >= 0.6 is 0 Å². The van der Waals surface area contributed by atoms with Crippen LogP contribution in [0.4, 0.5) is 20.2 Å². The highest BCUT2D eigenvalue weighted by Gasteiger charge is 2.46. The molecule has 1 aliphatic rings. The fraction of sp³-hybridized carbons (Fsp3) is 0.391. The molecule has 0 aromatic heterocycles. The van der Waals surface area contributed by atoms with Crippen molar-refractivity contribution in [1.82, 2.24) is 5.32 Å². The number of carbonyl (C=O) groups is 1. The van der Waals surface area contributed by atoms with Crippen LogP contribution in [0.5, 0.6) is 5.75 Å². The predicted octanol–water partition coefficient (Wildman–Crippen LogP) is 4.28. The SMILES string of the molecule is Cc1c(C(=O)NC2(C)CS(=O)(=O)C2)ccc(Nc2cccc(OC(F)F)c2)c1C(=N)C(C)C. The van der Waals surface area contributed by atoms with Crippen molar-refractivity contribution >= 4 is 32.8 Å². The zero-order chi connectivity index (χ0) is 24.6. The maximum atomic E-state index is 13.0. The number of benzene rings is 2. The second-order valence-electron chi connectivity index (χ2n) is 8.81. The van der Waals surface area contributed by atoms with E-state index in [2.05, 4.69) is 15.4 Å². The van der Waals surface area contributed by atoms with Crippen LogP contribution in [-0.4, -0.2) is 43.7 Å². The van der Waals surface area contributed by atoms with Crippen LogP contribution in [0.1, 0.15) is 42.3 Å². The lowest BCUT2D eigenvalue weighted by atomic mass is 9.90. The third-order valence-electron chi connectivity index (χ3n) is 5.39. The molecule has 1 fully saturated rings. The average Bonchev–Trinajstić information content (AvgIpc) is 2.65. The number of ether oxygens (including phenoxy) is 1. The van der Waals surface area contributed by atoms with E-state index in [9.17, 15) is 22.0 Å². The standard InChI is InChI=1S/C23H27F2N3O4S/c1-13(2)20(26)19-14(3)17(21(29)28-23(4)11-33(30,31)12-23)8-9-18(19)27-15-6-5-7-16(10-15)32-22(24)25/h5-10,13,22,26-27H,11-12H2,1-4H3,(H,28,29). The summed E-state index contributed by atoms with van der Waals surface area (Å²) in [5, 5.41) is 14.5. The van der Waals surface area contributed by atoms with Crippen molar-refractivity contribution in [2.24, 2.45) is 5.92 Å². The summed E-state index contributed by atoms with van der Waals surface area (Å²) < 4.78 is 52.7. The van der Waals surface area contributed by atoms with Gasteiger partial charge >= 0.3 is 6.61 Å². The zero-order valence-electron chi connectivity index (χ0n) is 18.8. The number of halogens is 2.